The Morgan fingerprint density at radius 2 is 2.24 bits per heavy atom. The second kappa shape index (κ2) is 6.01. The lowest BCUT2D eigenvalue weighted by Crippen LogP contribution is -2.41. The van der Waals surface area contributed by atoms with Crippen molar-refractivity contribution >= 4 is 13.3 Å². The normalized spacial score (nSPS) is 26.8. The van der Waals surface area contributed by atoms with E-state index in [1.807, 2.05) is 6.07 Å². The first-order chi connectivity index (χ1) is 11.7. The van der Waals surface area contributed by atoms with Crippen molar-refractivity contribution in [3.63, 3.8) is 0 Å². The van der Waals surface area contributed by atoms with E-state index in [4.69, 9.17) is 19.9 Å². The molecule has 3 rings (SSSR count). The Labute approximate surface area is 139 Å². The zero-order valence-electron chi connectivity index (χ0n) is 12.6. The molecule has 0 saturated carbocycles. The quantitative estimate of drug-likeness (QED) is 0.385. The molecular formula is C12H14N5O7P. The van der Waals surface area contributed by atoms with Crippen LogP contribution in [0.1, 0.15) is 5.69 Å². The minimum Gasteiger partial charge on any atom is -0.388 e. The van der Waals surface area contributed by atoms with Crippen molar-refractivity contribution in [1.29, 1.82) is 10.7 Å². The minimum atomic E-state index is -4.72. The fourth-order valence-electron chi connectivity index (χ4n) is 2.61. The number of nitriles is 1. The lowest BCUT2D eigenvalue weighted by Gasteiger charge is -2.24. The highest BCUT2D eigenvalue weighted by Gasteiger charge is 2.52. The van der Waals surface area contributed by atoms with Crippen LogP contribution in [-0.2, 0) is 26.2 Å². The maximum absolute atomic E-state index is 10.8. The van der Waals surface area contributed by atoms with Crippen molar-refractivity contribution in [1.82, 2.24) is 14.2 Å². The van der Waals surface area contributed by atoms with E-state index in [2.05, 4.69) is 9.62 Å². The number of rotatable bonds is 4. The molecular weight excluding hydrogens is 357 g/mol. The number of nitrogens with one attached hydrogen (secondary N) is 1. The van der Waals surface area contributed by atoms with Crippen LogP contribution in [0.2, 0.25) is 0 Å². The van der Waals surface area contributed by atoms with Crippen LogP contribution in [0.5, 0.6) is 0 Å². The molecule has 2 aromatic rings. The van der Waals surface area contributed by atoms with Gasteiger partial charge in [0.2, 0.25) is 5.60 Å². The average molecular weight is 371 g/mol. The van der Waals surface area contributed by atoms with E-state index in [1.54, 1.807) is 0 Å². The number of hydrogen-bond donors (Lipinski definition) is 5. The molecule has 0 unspecified atom stereocenters. The van der Waals surface area contributed by atoms with E-state index >= 15 is 0 Å². The molecule has 1 aliphatic rings. The first-order valence-electron chi connectivity index (χ1n) is 6.93. The van der Waals surface area contributed by atoms with Gasteiger partial charge in [0.25, 0.3) is 0 Å². The Balaban J connectivity index is 2.07. The highest BCUT2D eigenvalue weighted by molar-refractivity contribution is 7.46. The summed E-state index contributed by atoms with van der Waals surface area (Å²) in [5.74, 6) is 0. The summed E-state index contributed by atoms with van der Waals surface area (Å²) in [4.78, 5) is 17.5. The summed E-state index contributed by atoms with van der Waals surface area (Å²) in [7, 11) is -4.72. The molecule has 3 heterocycles. The second-order valence-electron chi connectivity index (χ2n) is 5.38. The van der Waals surface area contributed by atoms with Gasteiger partial charge in [0.05, 0.1) is 12.3 Å². The molecule has 1 saturated heterocycles. The first kappa shape index (κ1) is 17.7. The first-order valence-corrected chi connectivity index (χ1v) is 8.46. The van der Waals surface area contributed by atoms with Crippen LogP contribution in [0.3, 0.4) is 0 Å². The van der Waals surface area contributed by atoms with Gasteiger partial charge in [0.1, 0.15) is 36.9 Å². The van der Waals surface area contributed by atoms with Gasteiger partial charge in [0.15, 0.2) is 5.49 Å². The number of phosphoric ester groups is 1. The van der Waals surface area contributed by atoms with Gasteiger partial charge in [-0.3, -0.25) is 14.5 Å². The van der Waals surface area contributed by atoms with Gasteiger partial charge in [-0.2, -0.15) is 10.4 Å². The number of aliphatic hydroxyl groups excluding tert-OH is 2. The minimum absolute atomic E-state index is 0.116. The maximum Gasteiger partial charge on any atom is 0.471 e. The number of hydrogen-bond acceptors (Lipinski definition) is 8. The third-order valence-electron chi connectivity index (χ3n) is 3.87. The lowest BCUT2D eigenvalue weighted by atomic mass is 9.93. The van der Waals surface area contributed by atoms with Gasteiger partial charge >= 0.3 is 7.82 Å². The Bertz CT molecular complexity index is 959. The van der Waals surface area contributed by atoms with Crippen molar-refractivity contribution in [3.8, 4) is 6.07 Å². The van der Waals surface area contributed by atoms with Crippen LogP contribution in [0.4, 0.5) is 0 Å². The average Bonchev–Trinajstić information content (AvgIpc) is 3.10. The highest BCUT2D eigenvalue weighted by atomic mass is 31.2. The highest BCUT2D eigenvalue weighted by Crippen LogP contribution is 2.37. The molecule has 0 radical (unpaired) electrons. The van der Waals surface area contributed by atoms with Gasteiger partial charge in [0, 0.05) is 0 Å². The van der Waals surface area contributed by atoms with Crippen LogP contribution in [0.15, 0.2) is 18.5 Å². The van der Waals surface area contributed by atoms with Crippen molar-refractivity contribution in [3.05, 3.63) is 29.6 Å². The Morgan fingerprint density at radius 1 is 1.52 bits per heavy atom. The molecule has 134 valence electrons. The van der Waals surface area contributed by atoms with E-state index in [1.165, 1.54) is 16.6 Å². The Kier molecular flexibility index (Phi) is 4.26. The van der Waals surface area contributed by atoms with E-state index in [0.29, 0.717) is 0 Å². The third kappa shape index (κ3) is 2.88. The van der Waals surface area contributed by atoms with Gasteiger partial charge in [-0.25, -0.2) is 9.08 Å². The molecule has 0 spiro atoms. The van der Waals surface area contributed by atoms with Crippen LogP contribution in [0.25, 0.3) is 5.52 Å². The summed E-state index contributed by atoms with van der Waals surface area (Å²) in [6, 6.07) is 4.69. The zero-order valence-corrected chi connectivity index (χ0v) is 13.4. The Hall–Kier alpha value is -2.10. The third-order valence-corrected chi connectivity index (χ3v) is 4.32. The molecule has 3 atom stereocenters. The Morgan fingerprint density at radius 3 is 2.80 bits per heavy atom. The monoisotopic (exact) mass is 371 g/mol. The van der Waals surface area contributed by atoms with Gasteiger partial charge < -0.3 is 24.7 Å². The number of fused-ring (bicyclic) bond motifs is 1. The molecule has 0 aliphatic carbocycles. The van der Waals surface area contributed by atoms with E-state index in [-0.39, 0.29) is 23.3 Å². The second-order valence-corrected chi connectivity index (χ2v) is 6.62. The molecule has 0 aromatic carbocycles. The summed E-state index contributed by atoms with van der Waals surface area (Å²) in [6.07, 6.45) is -1.67. The number of aliphatic hydroxyl groups is 2. The summed E-state index contributed by atoms with van der Waals surface area (Å²) >= 11 is 0. The van der Waals surface area contributed by atoms with Gasteiger partial charge in [-0.05, 0) is 12.1 Å². The smallest absolute Gasteiger partial charge is 0.388 e. The fourth-order valence-corrected chi connectivity index (χ4v) is 2.89. The molecule has 1 aliphatic heterocycles. The summed E-state index contributed by atoms with van der Waals surface area (Å²) in [5.41, 5.74) is -1.75. The van der Waals surface area contributed by atoms with Crippen LogP contribution in [-0.4, -0.2) is 53.0 Å². The van der Waals surface area contributed by atoms with E-state index < -0.39 is 32.4 Å². The van der Waals surface area contributed by atoms with Crippen LogP contribution in [0, 0.1) is 16.7 Å². The van der Waals surface area contributed by atoms with Crippen LogP contribution >= 0.6 is 7.82 Å². The molecule has 2 aromatic heterocycles. The maximum atomic E-state index is 10.8. The molecule has 0 amide bonds. The predicted molar refractivity (Wildman–Crippen MR) is 77.4 cm³/mol. The van der Waals surface area contributed by atoms with E-state index in [9.17, 15) is 20.0 Å². The molecule has 5 N–H and O–H groups in total. The largest absolute Gasteiger partial charge is 0.471 e. The molecule has 12 nitrogen and oxygen atoms in total. The van der Waals surface area contributed by atoms with E-state index in [0.717, 1.165) is 10.9 Å². The molecule has 13 heteroatoms. The number of ether oxygens (including phenoxy) is 1. The molecule has 0 bridgehead atoms. The SMILES string of the molecule is N#C[C@@]1(c2ccc3c(=N)n(COP(=O)(O)O)cnn23)OC[C@H](O)[C@H]1O. The molecule has 1 fully saturated rings. The summed E-state index contributed by atoms with van der Waals surface area (Å²) in [5, 5.41) is 41.4. The summed E-state index contributed by atoms with van der Waals surface area (Å²) < 4.78 is 22.6. The van der Waals surface area contributed by atoms with Crippen molar-refractivity contribution < 1.29 is 33.8 Å². The summed E-state index contributed by atoms with van der Waals surface area (Å²) in [6.45, 7) is -0.840. The van der Waals surface area contributed by atoms with Crippen LogP contribution < -0.4 is 5.49 Å². The number of nitrogens with zero attached hydrogens (tertiary/aromatic N) is 4. The van der Waals surface area contributed by atoms with Gasteiger partial charge in [-0.15, -0.1) is 0 Å². The van der Waals surface area contributed by atoms with Crippen molar-refractivity contribution in [2.75, 3.05) is 6.61 Å². The van der Waals surface area contributed by atoms with Crippen molar-refractivity contribution in [2.24, 2.45) is 0 Å². The van der Waals surface area contributed by atoms with Crippen molar-refractivity contribution in [2.45, 2.75) is 24.5 Å². The number of phosphoric acid groups is 1. The topological polar surface area (TPSA) is 186 Å². The predicted octanol–water partition coefficient (Wildman–Crippen LogP) is -1.85. The molecule has 25 heavy (non-hydrogen) atoms. The zero-order chi connectivity index (χ0) is 18.4. The van der Waals surface area contributed by atoms with Gasteiger partial charge in [-0.1, -0.05) is 0 Å². The standard InChI is InChI=1S/C12H14N5O7P/c13-4-12(10(19)8(18)3-23-12)9-2-1-7-11(14)16(5-15-17(7)9)6-24-25(20,21)22/h1-2,5,8,10,14,18-19H,3,6H2,(H2,20,21,22)/t8-,10+,12-/m0/s1. The lowest BCUT2D eigenvalue weighted by molar-refractivity contribution is -0.0309. The number of aromatic nitrogens is 3. The fraction of sp³-hybridized carbons (Fsp3) is 0.417.